The second-order valence-electron chi connectivity index (χ2n) is 6.59. The standard InChI is InChI=1S/C18H25N3O3S/c1-14-18(15(2)20(3)19-14)25(22,23)21-11-9-16(13-21)10-12-24-17-7-5-4-6-8-17/h4-8,16H,9-13H2,1-3H3. The maximum atomic E-state index is 13.0. The largest absolute Gasteiger partial charge is 0.494 e. The lowest BCUT2D eigenvalue weighted by Gasteiger charge is -2.17. The molecule has 7 heteroatoms. The van der Waals surface area contributed by atoms with Crippen LogP contribution in [0, 0.1) is 19.8 Å². The van der Waals surface area contributed by atoms with E-state index < -0.39 is 10.0 Å². The molecule has 6 nitrogen and oxygen atoms in total. The van der Waals surface area contributed by atoms with Crippen LogP contribution in [0.5, 0.6) is 5.75 Å². The number of ether oxygens (including phenoxy) is 1. The molecule has 1 atom stereocenters. The zero-order chi connectivity index (χ0) is 18.0. The minimum atomic E-state index is -3.48. The summed E-state index contributed by atoms with van der Waals surface area (Å²) in [5.41, 5.74) is 1.25. The molecule has 0 radical (unpaired) electrons. The van der Waals surface area contributed by atoms with Gasteiger partial charge in [-0.25, -0.2) is 8.42 Å². The molecule has 0 spiro atoms. The van der Waals surface area contributed by atoms with E-state index in [0.717, 1.165) is 18.6 Å². The number of hydrogen-bond donors (Lipinski definition) is 0. The van der Waals surface area contributed by atoms with Crippen LogP contribution in [0.15, 0.2) is 35.2 Å². The Morgan fingerprint density at radius 3 is 2.60 bits per heavy atom. The first-order valence-corrected chi connectivity index (χ1v) is 10.0. The van der Waals surface area contributed by atoms with Crippen LogP contribution in [0.25, 0.3) is 0 Å². The smallest absolute Gasteiger partial charge is 0.246 e. The second-order valence-corrected chi connectivity index (χ2v) is 8.47. The molecule has 0 N–H and O–H groups in total. The van der Waals surface area contributed by atoms with Gasteiger partial charge in [0.2, 0.25) is 10.0 Å². The molecule has 25 heavy (non-hydrogen) atoms. The van der Waals surface area contributed by atoms with Gasteiger partial charge in [-0.05, 0) is 44.7 Å². The van der Waals surface area contributed by atoms with Crippen molar-refractivity contribution in [3.63, 3.8) is 0 Å². The zero-order valence-corrected chi connectivity index (χ0v) is 15.8. The fraction of sp³-hybridized carbons (Fsp3) is 0.500. The Morgan fingerprint density at radius 2 is 1.96 bits per heavy atom. The van der Waals surface area contributed by atoms with Gasteiger partial charge >= 0.3 is 0 Å². The number of aromatic nitrogens is 2. The lowest BCUT2D eigenvalue weighted by Crippen LogP contribution is -2.30. The van der Waals surface area contributed by atoms with E-state index in [-0.39, 0.29) is 0 Å². The minimum absolute atomic E-state index is 0.329. The van der Waals surface area contributed by atoms with Crippen molar-refractivity contribution in [1.29, 1.82) is 0 Å². The highest BCUT2D eigenvalue weighted by Gasteiger charge is 2.35. The van der Waals surface area contributed by atoms with Crippen LogP contribution >= 0.6 is 0 Å². The Bertz CT molecular complexity index is 831. The molecule has 2 heterocycles. The van der Waals surface area contributed by atoms with Gasteiger partial charge in [-0.15, -0.1) is 0 Å². The number of sulfonamides is 1. The second kappa shape index (κ2) is 7.17. The van der Waals surface area contributed by atoms with Gasteiger partial charge in [0.25, 0.3) is 0 Å². The third-order valence-corrected chi connectivity index (χ3v) is 6.95. The van der Waals surface area contributed by atoms with Gasteiger partial charge < -0.3 is 4.74 Å². The van der Waals surface area contributed by atoms with Crippen molar-refractivity contribution in [2.75, 3.05) is 19.7 Å². The quantitative estimate of drug-likeness (QED) is 0.791. The molecule has 0 saturated carbocycles. The van der Waals surface area contributed by atoms with Crippen LogP contribution < -0.4 is 4.74 Å². The van der Waals surface area contributed by atoms with Gasteiger partial charge in [0.15, 0.2) is 0 Å². The molecule has 1 unspecified atom stereocenters. The molecule has 0 bridgehead atoms. The number of rotatable bonds is 6. The fourth-order valence-electron chi connectivity index (χ4n) is 3.37. The van der Waals surface area contributed by atoms with E-state index in [2.05, 4.69) is 5.10 Å². The number of para-hydroxylation sites is 1. The van der Waals surface area contributed by atoms with E-state index in [1.54, 1.807) is 29.9 Å². The van der Waals surface area contributed by atoms with Gasteiger partial charge in [0.05, 0.1) is 18.0 Å². The summed E-state index contributed by atoms with van der Waals surface area (Å²) in [4.78, 5) is 0.358. The first-order chi connectivity index (χ1) is 11.9. The summed E-state index contributed by atoms with van der Waals surface area (Å²) >= 11 is 0. The van der Waals surface area contributed by atoms with Crippen LogP contribution in [-0.2, 0) is 17.1 Å². The third kappa shape index (κ3) is 3.72. The van der Waals surface area contributed by atoms with Crippen molar-refractivity contribution >= 4 is 10.0 Å². The molecule has 136 valence electrons. The highest BCUT2D eigenvalue weighted by molar-refractivity contribution is 7.89. The summed E-state index contributed by atoms with van der Waals surface area (Å²) in [6, 6.07) is 9.70. The predicted octanol–water partition coefficient (Wildman–Crippen LogP) is 2.52. The molecule has 1 aromatic carbocycles. The normalized spacial score (nSPS) is 18.6. The van der Waals surface area contributed by atoms with E-state index in [0.29, 0.717) is 41.9 Å². The van der Waals surface area contributed by atoms with Gasteiger partial charge in [0.1, 0.15) is 10.6 Å². The van der Waals surface area contributed by atoms with E-state index in [9.17, 15) is 8.42 Å². The maximum Gasteiger partial charge on any atom is 0.246 e. The molecular weight excluding hydrogens is 338 g/mol. The molecule has 1 saturated heterocycles. The third-order valence-electron chi connectivity index (χ3n) is 4.83. The summed E-state index contributed by atoms with van der Waals surface area (Å²) in [5, 5.41) is 4.24. The van der Waals surface area contributed by atoms with Crippen LogP contribution in [0.1, 0.15) is 24.2 Å². The molecule has 1 fully saturated rings. The van der Waals surface area contributed by atoms with Gasteiger partial charge in [-0.3, -0.25) is 4.68 Å². The van der Waals surface area contributed by atoms with E-state index in [4.69, 9.17) is 4.74 Å². The Morgan fingerprint density at radius 1 is 1.24 bits per heavy atom. The molecular formula is C18H25N3O3S. The van der Waals surface area contributed by atoms with Crippen molar-refractivity contribution in [2.45, 2.75) is 31.6 Å². The van der Waals surface area contributed by atoms with E-state index >= 15 is 0 Å². The Hall–Kier alpha value is -1.86. The number of nitrogens with zero attached hydrogens (tertiary/aromatic N) is 3. The van der Waals surface area contributed by atoms with Crippen LogP contribution in [0.3, 0.4) is 0 Å². The van der Waals surface area contributed by atoms with Gasteiger partial charge in [-0.2, -0.15) is 9.40 Å². The van der Waals surface area contributed by atoms with Crippen molar-refractivity contribution < 1.29 is 13.2 Å². The van der Waals surface area contributed by atoms with Crippen molar-refractivity contribution in [3.8, 4) is 5.75 Å². The Labute approximate surface area is 149 Å². The van der Waals surface area contributed by atoms with Crippen LogP contribution in [0.4, 0.5) is 0 Å². The van der Waals surface area contributed by atoms with E-state index in [1.165, 1.54) is 0 Å². The van der Waals surface area contributed by atoms with Crippen molar-refractivity contribution in [2.24, 2.45) is 13.0 Å². The average molecular weight is 363 g/mol. The molecule has 1 aromatic heterocycles. The highest BCUT2D eigenvalue weighted by Crippen LogP contribution is 2.29. The number of benzene rings is 1. The molecule has 0 aliphatic carbocycles. The maximum absolute atomic E-state index is 13.0. The van der Waals surface area contributed by atoms with Gasteiger partial charge in [0, 0.05) is 20.1 Å². The van der Waals surface area contributed by atoms with E-state index in [1.807, 2.05) is 30.3 Å². The molecule has 1 aliphatic heterocycles. The number of hydrogen-bond acceptors (Lipinski definition) is 4. The first-order valence-electron chi connectivity index (χ1n) is 8.58. The molecule has 3 rings (SSSR count). The minimum Gasteiger partial charge on any atom is -0.494 e. The first kappa shape index (κ1) is 17.9. The van der Waals surface area contributed by atoms with Gasteiger partial charge in [-0.1, -0.05) is 18.2 Å². The Balaban J connectivity index is 1.60. The van der Waals surface area contributed by atoms with Crippen molar-refractivity contribution in [3.05, 3.63) is 41.7 Å². The highest BCUT2D eigenvalue weighted by atomic mass is 32.2. The molecule has 1 aliphatic rings. The van der Waals surface area contributed by atoms with Crippen LogP contribution in [0.2, 0.25) is 0 Å². The zero-order valence-electron chi connectivity index (χ0n) is 15.0. The molecule has 0 amide bonds. The average Bonchev–Trinajstić information content (AvgIpc) is 3.14. The summed E-state index contributed by atoms with van der Waals surface area (Å²) in [5.74, 6) is 1.18. The lowest BCUT2D eigenvalue weighted by atomic mass is 10.1. The summed E-state index contributed by atoms with van der Waals surface area (Å²) in [7, 11) is -1.71. The summed E-state index contributed by atoms with van der Waals surface area (Å²) < 4.78 is 34.9. The van der Waals surface area contributed by atoms with Crippen LogP contribution in [-0.4, -0.2) is 42.2 Å². The Kier molecular flexibility index (Phi) is 5.15. The van der Waals surface area contributed by atoms with Crippen molar-refractivity contribution in [1.82, 2.24) is 14.1 Å². The topological polar surface area (TPSA) is 64.4 Å². The fourth-order valence-corrected chi connectivity index (χ4v) is 5.30. The summed E-state index contributed by atoms with van der Waals surface area (Å²) in [6.45, 7) is 5.27. The monoisotopic (exact) mass is 363 g/mol. The number of aryl methyl sites for hydroxylation is 2. The SMILES string of the molecule is Cc1nn(C)c(C)c1S(=O)(=O)N1CCC(CCOc2ccccc2)C1. The predicted molar refractivity (Wildman–Crippen MR) is 96.1 cm³/mol. The summed E-state index contributed by atoms with van der Waals surface area (Å²) in [6.07, 6.45) is 1.72. The molecule has 2 aromatic rings. The lowest BCUT2D eigenvalue weighted by molar-refractivity contribution is 0.280.